The van der Waals surface area contributed by atoms with E-state index in [0.717, 1.165) is 25.0 Å². The molecule has 3 aliphatic heterocycles. The van der Waals surface area contributed by atoms with Gasteiger partial charge in [0.15, 0.2) is 0 Å². The highest BCUT2D eigenvalue weighted by Crippen LogP contribution is 2.50. The summed E-state index contributed by atoms with van der Waals surface area (Å²) in [4.78, 5) is 28.0. The summed E-state index contributed by atoms with van der Waals surface area (Å²) in [5, 5.41) is 2.94. The van der Waals surface area contributed by atoms with Crippen LogP contribution < -0.4 is 14.8 Å². The summed E-state index contributed by atoms with van der Waals surface area (Å²) in [5.41, 5.74) is 0.00657. The molecule has 1 aliphatic carbocycles. The highest BCUT2D eigenvalue weighted by Gasteiger charge is 2.55. The monoisotopic (exact) mass is 489 g/mol. The first-order chi connectivity index (χ1) is 15.6. The third-order valence-electron chi connectivity index (χ3n) is 6.67. The molecule has 3 heterocycles. The van der Waals surface area contributed by atoms with E-state index in [1.54, 1.807) is 9.80 Å². The summed E-state index contributed by atoms with van der Waals surface area (Å²) in [5.74, 6) is -0.254. The van der Waals surface area contributed by atoms with E-state index < -0.39 is 12.1 Å². The van der Waals surface area contributed by atoms with Crippen LogP contribution >= 0.6 is 11.6 Å². The molecule has 3 saturated heterocycles. The van der Waals surface area contributed by atoms with Crippen molar-refractivity contribution in [1.82, 2.24) is 15.1 Å². The van der Waals surface area contributed by atoms with E-state index in [0.29, 0.717) is 38.3 Å². The van der Waals surface area contributed by atoms with E-state index in [4.69, 9.17) is 21.1 Å². The zero-order valence-electron chi connectivity index (χ0n) is 17.6. The largest absolute Gasteiger partial charge is 0.573 e. The number of nitrogens with one attached hydrogen (secondary N) is 1. The van der Waals surface area contributed by atoms with Gasteiger partial charge in [0.2, 0.25) is 5.91 Å². The molecule has 2 atom stereocenters. The van der Waals surface area contributed by atoms with Crippen molar-refractivity contribution < 1.29 is 37.0 Å². The predicted molar refractivity (Wildman–Crippen MR) is 109 cm³/mol. The van der Waals surface area contributed by atoms with Crippen molar-refractivity contribution in [2.75, 3.05) is 32.8 Å². The molecule has 8 nitrogen and oxygen atoms in total. The number of alkyl halides is 3. The van der Waals surface area contributed by atoms with Gasteiger partial charge in [-0.15, -0.1) is 13.2 Å². The molecular weight excluding hydrogens is 467 g/mol. The highest BCUT2D eigenvalue weighted by molar-refractivity contribution is 6.32. The molecule has 180 valence electrons. The number of nitrogens with zero attached hydrogens (tertiary/aromatic N) is 2. The Balaban J connectivity index is 1.08. The van der Waals surface area contributed by atoms with Gasteiger partial charge in [0.1, 0.15) is 24.2 Å². The van der Waals surface area contributed by atoms with Crippen LogP contribution in [0, 0.1) is 5.41 Å². The fourth-order valence-corrected chi connectivity index (χ4v) is 5.39. The van der Waals surface area contributed by atoms with E-state index in [-0.39, 0.29) is 47.2 Å². The molecular formula is C21H23ClF3N3O5. The fraction of sp³-hybridized carbons (Fsp3) is 0.619. The number of amides is 3. The van der Waals surface area contributed by atoms with E-state index >= 15 is 0 Å². The topological polar surface area (TPSA) is 80.3 Å². The minimum Gasteiger partial charge on any atom is -0.489 e. The zero-order chi connectivity index (χ0) is 23.4. The van der Waals surface area contributed by atoms with Crippen LogP contribution in [-0.2, 0) is 9.53 Å². The third kappa shape index (κ3) is 4.65. The van der Waals surface area contributed by atoms with Crippen molar-refractivity contribution >= 4 is 23.5 Å². The molecule has 0 aromatic heterocycles. The summed E-state index contributed by atoms with van der Waals surface area (Å²) < 4.78 is 52.2. The van der Waals surface area contributed by atoms with Crippen LogP contribution in [0.5, 0.6) is 11.5 Å². The van der Waals surface area contributed by atoms with Gasteiger partial charge in [-0.2, -0.15) is 0 Å². The SMILES string of the molecule is O=C1CO[C@H]2CCN(C(=O)N3CC4(CC(Oc5ccc(OC(F)(F)F)cc5Cl)C4)C3)C[C@H]2N1. The molecule has 0 unspecified atom stereocenters. The summed E-state index contributed by atoms with van der Waals surface area (Å²) >= 11 is 6.04. The lowest BCUT2D eigenvalue weighted by Crippen LogP contribution is -2.69. The van der Waals surface area contributed by atoms with Crippen LogP contribution in [0.3, 0.4) is 0 Å². The number of carbonyl (C=O) groups excluding carboxylic acids is 2. The molecule has 33 heavy (non-hydrogen) atoms. The maximum absolute atomic E-state index is 12.9. The van der Waals surface area contributed by atoms with Crippen LogP contribution in [0.25, 0.3) is 0 Å². The number of hydrogen-bond donors (Lipinski definition) is 1. The molecule has 12 heteroatoms. The Labute approximate surface area is 192 Å². The number of halogens is 4. The van der Waals surface area contributed by atoms with Crippen molar-refractivity contribution in [1.29, 1.82) is 0 Å². The number of piperidine rings is 1. The van der Waals surface area contributed by atoms with Crippen LogP contribution in [0.1, 0.15) is 19.3 Å². The molecule has 0 bridgehead atoms. The zero-order valence-corrected chi connectivity index (χ0v) is 18.3. The Bertz CT molecular complexity index is 948. The molecule has 0 radical (unpaired) electrons. The summed E-state index contributed by atoms with van der Waals surface area (Å²) in [6, 6.07) is 3.40. The van der Waals surface area contributed by atoms with Crippen LogP contribution in [0.2, 0.25) is 5.02 Å². The molecule has 3 amide bonds. The predicted octanol–water partition coefficient (Wildman–Crippen LogP) is 2.79. The molecule has 5 rings (SSSR count). The molecule has 4 fully saturated rings. The molecule has 1 N–H and O–H groups in total. The Morgan fingerprint density at radius 3 is 2.70 bits per heavy atom. The van der Waals surface area contributed by atoms with E-state index in [2.05, 4.69) is 10.1 Å². The lowest BCUT2D eigenvalue weighted by atomic mass is 9.62. The van der Waals surface area contributed by atoms with Gasteiger partial charge in [0.25, 0.3) is 0 Å². The smallest absolute Gasteiger partial charge is 0.489 e. The Hall–Kier alpha value is -2.40. The maximum atomic E-state index is 12.9. The standard InChI is InChI=1S/C21H23ClF3N3O5/c22-14-5-12(33-21(23,24)25)1-2-16(14)32-13-6-20(7-13)10-28(11-20)19(30)27-4-3-17-15(8-27)26-18(29)9-31-17/h1-2,5,13,15,17H,3-4,6-11H2,(H,26,29)/t15-,17+/m1/s1. The van der Waals surface area contributed by atoms with Crippen LogP contribution in [0.4, 0.5) is 18.0 Å². The van der Waals surface area contributed by atoms with Gasteiger partial charge in [-0.25, -0.2) is 4.79 Å². The van der Waals surface area contributed by atoms with Crippen LogP contribution in [0.15, 0.2) is 18.2 Å². The lowest BCUT2D eigenvalue weighted by molar-refractivity contribution is -0.274. The van der Waals surface area contributed by atoms with Crippen LogP contribution in [-0.4, -0.2) is 79.1 Å². The van der Waals surface area contributed by atoms with Gasteiger partial charge < -0.3 is 29.3 Å². The number of ether oxygens (including phenoxy) is 3. The number of urea groups is 1. The number of benzene rings is 1. The first-order valence-electron chi connectivity index (χ1n) is 10.8. The minimum atomic E-state index is -4.78. The molecule has 1 aromatic rings. The van der Waals surface area contributed by atoms with E-state index in [1.165, 1.54) is 6.07 Å². The van der Waals surface area contributed by atoms with E-state index in [9.17, 15) is 22.8 Å². The second-order valence-corrected chi connectivity index (χ2v) is 9.59. The summed E-state index contributed by atoms with van der Waals surface area (Å²) in [7, 11) is 0. The normalized spacial score (nSPS) is 26.7. The average Bonchev–Trinajstić information content (AvgIpc) is 2.68. The summed E-state index contributed by atoms with van der Waals surface area (Å²) in [6.07, 6.45) is -2.77. The number of carbonyl (C=O) groups is 2. The second kappa shape index (κ2) is 8.12. The number of fused-ring (bicyclic) bond motifs is 1. The first-order valence-corrected chi connectivity index (χ1v) is 11.1. The van der Waals surface area contributed by atoms with Gasteiger partial charge in [0, 0.05) is 37.7 Å². The average molecular weight is 490 g/mol. The van der Waals surface area contributed by atoms with Crippen molar-refractivity contribution in [3.05, 3.63) is 23.2 Å². The van der Waals surface area contributed by atoms with Crippen molar-refractivity contribution in [2.45, 2.75) is 43.9 Å². The highest BCUT2D eigenvalue weighted by atomic mass is 35.5. The van der Waals surface area contributed by atoms with Gasteiger partial charge >= 0.3 is 12.4 Å². The number of likely N-dealkylation sites (tertiary alicyclic amines) is 2. The summed E-state index contributed by atoms with van der Waals surface area (Å²) in [6.45, 7) is 2.37. The quantitative estimate of drug-likeness (QED) is 0.706. The molecule has 1 saturated carbocycles. The van der Waals surface area contributed by atoms with Gasteiger partial charge in [0.05, 0.1) is 17.2 Å². The van der Waals surface area contributed by atoms with Gasteiger partial charge in [-0.05, 0) is 31.4 Å². The molecule has 1 spiro atoms. The Morgan fingerprint density at radius 1 is 1.24 bits per heavy atom. The lowest BCUT2D eigenvalue weighted by Gasteiger charge is -2.59. The Morgan fingerprint density at radius 2 is 2.00 bits per heavy atom. The number of morpholine rings is 1. The molecule has 4 aliphatic rings. The van der Waals surface area contributed by atoms with Crippen molar-refractivity contribution in [2.24, 2.45) is 5.41 Å². The second-order valence-electron chi connectivity index (χ2n) is 9.18. The van der Waals surface area contributed by atoms with Crippen molar-refractivity contribution in [3.63, 3.8) is 0 Å². The van der Waals surface area contributed by atoms with Gasteiger partial charge in [-0.1, -0.05) is 11.6 Å². The molecule has 1 aromatic carbocycles. The van der Waals surface area contributed by atoms with E-state index in [1.807, 2.05) is 0 Å². The Kier molecular flexibility index (Phi) is 5.51. The maximum Gasteiger partial charge on any atom is 0.573 e. The third-order valence-corrected chi connectivity index (χ3v) is 6.97. The first kappa shape index (κ1) is 22.4. The van der Waals surface area contributed by atoms with Gasteiger partial charge in [-0.3, -0.25) is 4.79 Å². The number of rotatable bonds is 3. The van der Waals surface area contributed by atoms with Crippen molar-refractivity contribution in [3.8, 4) is 11.5 Å². The number of hydrogen-bond acceptors (Lipinski definition) is 5. The fourth-order valence-electron chi connectivity index (χ4n) is 5.17. The minimum absolute atomic E-state index is 0.00657.